The van der Waals surface area contributed by atoms with Crippen LogP contribution in [0.3, 0.4) is 0 Å². The molecule has 0 aliphatic heterocycles. The van der Waals surface area contributed by atoms with Crippen molar-refractivity contribution in [1.29, 1.82) is 0 Å². The molecule has 0 aromatic rings. The summed E-state index contributed by atoms with van der Waals surface area (Å²) in [5.74, 6) is 0.241. The van der Waals surface area contributed by atoms with Gasteiger partial charge in [-0.25, -0.2) is 0 Å². The highest BCUT2D eigenvalue weighted by Crippen LogP contribution is 2.08. The summed E-state index contributed by atoms with van der Waals surface area (Å²) in [5.41, 5.74) is 5.44. The van der Waals surface area contributed by atoms with Gasteiger partial charge in [0.05, 0.1) is 6.54 Å². The standard InChI is InChI=1S/C14H29N3O2/c1-3-4-5-6-7-8-9-10-13(18)19-12-11-17-14(15)16-2/h3-12H2,1-2H3,(H3,15,16,17). The van der Waals surface area contributed by atoms with Gasteiger partial charge in [0.2, 0.25) is 0 Å². The number of nitrogens with two attached hydrogens (primary N) is 1. The van der Waals surface area contributed by atoms with Crippen molar-refractivity contribution in [3.05, 3.63) is 0 Å². The number of carbonyl (C=O) groups is 1. The van der Waals surface area contributed by atoms with Crippen molar-refractivity contribution < 1.29 is 9.53 Å². The zero-order valence-electron chi connectivity index (χ0n) is 12.4. The Morgan fingerprint density at radius 1 is 1.16 bits per heavy atom. The first-order valence-electron chi connectivity index (χ1n) is 7.32. The van der Waals surface area contributed by atoms with Crippen molar-refractivity contribution in [2.75, 3.05) is 20.2 Å². The summed E-state index contributed by atoms with van der Waals surface area (Å²) in [7, 11) is 1.61. The van der Waals surface area contributed by atoms with E-state index in [4.69, 9.17) is 10.5 Å². The smallest absolute Gasteiger partial charge is 0.305 e. The van der Waals surface area contributed by atoms with Gasteiger partial charge in [-0.3, -0.25) is 9.79 Å². The highest BCUT2D eigenvalue weighted by atomic mass is 16.5. The average molecular weight is 271 g/mol. The molecule has 3 N–H and O–H groups in total. The number of hydrogen-bond acceptors (Lipinski definition) is 3. The lowest BCUT2D eigenvalue weighted by Crippen LogP contribution is -2.34. The first-order valence-corrected chi connectivity index (χ1v) is 7.32. The molecule has 0 aliphatic rings. The summed E-state index contributed by atoms with van der Waals surface area (Å²) in [5, 5.41) is 2.83. The third-order valence-electron chi connectivity index (χ3n) is 2.90. The summed E-state index contributed by atoms with van der Waals surface area (Å²) >= 11 is 0. The Balaban J connectivity index is 3.26. The number of esters is 1. The Morgan fingerprint density at radius 3 is 2.42 bits per heavy atom. The van der Waals surface area contributed by atoms with Gasteiger partial charge in [-0.2, -0.15) is 0 Å². The Hall–Kier alpha value is -1.26. The Bertz CT molecular complexity index is 255. The molecule has 0 atom stereocenters. The van der Waals surface area contributed by atoms with Gasteiger partial charge in [-0.05, 0) is 6.42 Å². The second kappa shape index (κ2) is 13.2. The van der Waals surface area contributed by atoms with Gasteiger partial charge >= 0.3 is 5.97 Å². The van der Waals surface area contributed by atoms with Crippen LogP contribution >= 0.6 is 0 Å². The maximum absolute atomic E-state index is 11.4. The molecule has 0 rings (SSSR count). The molecule has 0 saturated carbocycles. The van der Waals surface area contributed by atoms with Crippen LogP contribution in [0.2, 0.25) is 0 Å². The summed E-state index contributed by atoms with van der Waals surface area (Å²) < 4.78 is 5.07. The third-order valence-corrected chi connectivity index (χ3v) is 2.90. The van der Waals surface area contributed by atoms with Crippen LogP contribution in [0.1, 0.15) is 58.3 Å². The topological polar surface area (TPSA) is 76.7 Å². The fraction of sp³-hybridized carbons (Fsp3) is 0.857. The van der Waals surface area contributed by atoms with Gasteiger partial charge in [-0.15, -0.1) is 0 Å². The van der Waals surface area contributed by atoms with Crippen LogP contribution < -0.4 is 11.1 Å². The van der Waals surface area contributed by atoms with Gasteiger partial charge < -0.3 is 15.8 Å². The summed E-state index contributed by atoms with van der Waals surface area (Å²) in [4.78, 5) is 15.1. The molecule has 0 unspecified atom stereocenters. The van der Waals surface area contributed by atoms with Crippen molar-refractivity contribution in [2.24, 2.45) is 10.7 Å². The van der Waals surface area contributed by atoms with E-state index >= 15 is 0 Å². The third kappa shape index (κ3) is 13.0. The number of ether oxygens (including phenoxy) is 1. The molecule has 0 spiro atoms. The number of aliphatic imine (C=N–C) groups is 1. The molecule has 0 bridgehead atoms. The molecule has 0 aromatic heterocycles. The molecule has 5 nitrogen and oxygen atoms in total. The number of rotatable bonds is 11. The number of nitrogens with zero attached hydrogens (tertiary/aromatic N) is 1. The second-order valence-electron chi connectivity index (χ2n) is 4.63. The number of hydrogen-bond donors (Lipinski definition) is 2. The fourth-order valence-electron chi connectivity index (χ4n) is 1.72. The predicted molar refractivity (Wildman–Crippen MR) is 79.1 cm³/mol. The number of nitrogens with one attached hydrogen (secondary N) is 1. The van der Waals surface area contributed by atoms with Crippen molar-refractivity contribution in [1.82, 2.24) is 5.32 Å². The fourth-order valence-corrected chi connectivity index (χ4v) is 1.72. The Kier molecular flexibility index (Phi) is 12.3. The van der Waals surface area contributed by atoms with E-state index in [0.29, 0.717) is 25.5 Å². The molecular weight excluding hydrogens is 242 g/mol. The molecule has 0 saturated heterocycles. The predicted octanol–water partition coefficient (Wildman–Crippen LogP) is 2.20. The minimum Gasteiger partial charge on any atom is -0.464 e. The van der Waals surface area contributed by atoms with E-state index < -0.39 is 0 Å². The average Bonchev–Trinajstić information content (AvgIpc) is 2.42. The van der Waals surface area contributed by atoms with Crippen LogP contribution in [-0.4, -0.2) is 32.1 Å². The quantitative estimate of drug-likeness (QED) is 0.261. The number of unbranched alkanes of at least 4 members (excludes halogenated alkanes) is 6. The van der Waals surface area contributed by atoms with Gasteiger partial charge in [0.25, 0.3) is 0 Å². The molecule has 0 radical (unpaired) electrons. The van der Waals surface area contributed by atoms with Crippen molar-refractivity contribution in [2.45, 2.75) is 58.3 Å². The molecule has 19 heavy (non-hydrogen) atoms. The van der Waals surface area contributed by atoms with E-state index in [9.17, 15) is 4.79 Å². The van der Waals surface area contributed by atoms with Crippen molar-refractivity contribution in [3.8, 4) is 0 Å². The molecule has 0 aliphatic carbocycles. The minimum absolute atomic E-state index is 0.123. The zero-order chi connectivity index (χ0) is 14.3. The van der Waals surface area contributed by atoms with Gasteiger partial charge in [-0.1, -0.05) is 45.4 Å². The Labute approximate surface area is 117 Å². The lowest BCUT2D eigenvalue weighted by atomic mass is 10.1. The molecule has 112 valence electrons. The first kappa shape index (κ1) is 17.7. The van der Waals surface area contributed by atoms with Crippen LogP contribution in [0.4, 0.5) is 0 Å². The largest absolute Gasteiger partial charge is 0.464 e. The van der Waals surface area contributed by atoms with Gasteiger partial charge in [0, 0.05) is 13.5 Å². The molecule has 0 heterocycles. The van der Waals surface area contributed by atoms with Crippen LogP contribution in [0.25, 0.3) is 0 Å². The summed E-state index contributed by atoms with van der Waals surface area (Å²) in [6.07, 6.45) is 8.97. The first-order chi connectivity index (χ1) is 9.20. The lowest BCUT2D eigenvalue weighted by molar-refractivity contribution is -0.143. The molecule has 0 amide bonds. The number of carbonyl (C=O) groups excluding carboxylic acids is 1. The van der Waals surface area contributed by atoms with Crippen LogP contribution in [0.15, 0.2) is 4.99 Å². The molecule has 0 fully saturated rings. The van der Waals surface area contributed by atoms with E-state index in [1.165, 1.54) is 32.1 Å². The van der Waals surface area contributed by atoms with E-state index in [1.54, 1.807) is 7.05 Å². The van der Waals surface area contributed by atoms with Crippen LogP contribution in [0.5, 0.6) is 0 Å². The minimum atomic E-state index is -0.123. The second-order valence-corrected chi connectivity index (χ2v) is 4.63. The number of guanidine groups is 1. The van der Waals surface area contributed by atoms with E-state index in [2.05, 4.69) is 17.2 Å². The van der Waals surface area contributed by atoms with Gasteiger partial charge in [0.15, 0.2) is 5.96 Å². The van der Waals surface area contributed by atoms with E-state index in [1.807, 2.05) is 0 Å². The lowest BCUT2D eigenvalue weighted by Gasteiger charge is -2.06. The maximum atomic E-state index is 11.4. The van der Waals surface area contributed by atoms with E-state index in [0.717, 1.165) is 12.8 Å². The zero-order valence-corrected chi connectivity index (χ0v) is 12.4. The summed E-state index contributed by atoms with van der Waals surface area (Å²) in [6, 6.07) is 0. The molecule has 0 aromatic carbocycles. The summed E-state index contributed by atoms with van der Waals surface area (Å²) in [6.45, 7) is 3.06. The molecular formula is C14H29N3O2. The molecule has 5 heteroatoms. The van der Waals surface area contributed by atoms with Crippen LogP contribution in [-0.2, 0) is 9.53 Å². The van der Waals surface area contributed by atoms with E-state index in [-0.39, 0.29) is 5.97 Å². The highest BCUT2D eigenvalue weighted by Gasteiger charge is 2.02. The van der Waals surface area contributed by atoms with Crippen molar-refractivity contribution in [3.63, 3.8) is 0 Å². The Morgan fingerprint density at radius 2 is 1.79 bits per heavy atom. The van der Waals surface area contributed by atoms with Crippen LogP contribution in [0, 0.1) is 0 Å². The maximum Gasteiger partial charge on any atom is 0.305 e. The van der Waals surface area contributed by atoms with Gasteiger partial charge in [0.1, 0.15) is 6.61 Å². The highest BCUT2D eigenvalue weighted by molar-refractivity contribution is 5.77. The monoisotopic (exact) mass is 271 g/mol. The SMILES string of the molecule is CCCCCCCCCC(=O)OCCNC(N)=NC. The normalized spacial score (nSPS) is 11.4. The van der Waals surface area contributed by atoms with Crippen molar-refractivity contribution >= 4 is 11.9 Å².